The van der Waals surface area contributed by atoms with Crippen molar-refractivity contribution in [2.24, 2.45) is 5.92 Å². The van der Waals surface area contributed by atoms with E-state index in [2.05, 4.69) is 0 Å². The van der Waals surface area contributed by atoms with Crippen molar-refractivity contribution < 1.29 is 18.0 Å². The molecule has 1 heterocycles. The summed E-state index contributed by atoms with van der Waals surface area (Å²) in [6.45, 7) is 4.64. The maximum atomic E-state index is 12.8. The summed E-state index contributed by atoms with van der Waals surface area (Å²) in [5.74, 6) is -0.0798. The normalized spacial score (nSPS) is 15.6. The van der Waals surface area contributed by atoms with Crippen LogP contribution in [0.15, 0.2) is 59.5 Å². The lowest BCUT2D eigenvalue weighted by Gasteiger charge is -2.31. The number of Topliss-reactive ketones (excluding diaryl/α,β-unsaturated/α-hetero) is 1. The van der Waals surface area contributed by atoms with E-state index in [0.717, 1.165) is 0 Å². The number of piperidine rings is 1. The van der Waals surface area contributed by atoms with Gasteiger partial charge in [0, 0.05) is 43.2 Å². The van der Waals surface area contributed by atoms with Crippen LogP contribution in [0.1, 0.15) is 47.4 Å². The maximum Gasteiger partial charge on any atom is 0.253 e. The fourth-order valence-electron chi connectivity index (χ4n) is 3.58. The molecule has 3 rings (SSSR count). The Morgan fingerprint density at radius 1 is 0.933 bits per heavy atom. The van der Waals surface area contributed by atoms with Gasteiger partial charge >= 0.3 is 0 Å². The van der Waals surface area contributed by atoms with Crippen LogP contribution in [-0.4, -0.2) is 55.5 Å². The number of hydrogen-bond donors (Lipinski definition) is 0. The fraction of sp³-hybridized carbons (Fsp3) is 0.391. The standard InChI is InChI=1S/C23H28N2O4S/c1-17(2)24(3)30(28,29)21-11-9-20(10-12-21)23(27)25-15-13-19(14-16-25)22(26)18-7-5-4-6-8-18/h4-12,17,19H,13-16H2,1-3H3. The second kappa shape index (κ2) is 9.10. The number of ketones is 1. The Morgan fingerprint density at radius 2 is 1.50 bits per heavy atom. The summed E-state index contributed by atoms with van der Waals surface area (Å²) in [7, 11) is -2.04. The molecule has 1 amide bonds. The van der Waals surface area contributed by atoms with Gasteiger partial charge in [-0.3, -0.25) is 9.59 Å². The molecular weight excluding hydrogens is 400 g/mol. The number of amides is 1. The van der Waals surface area contributed by atoms with Gasteiger partial charge in [0.1, 0.15) is 0 Å². The Balaban J connectivity index is 1.63. The summed E-state index contributed by atoms with van der Waals surface area (Å²) in [5.41, 5.74) is 1.17. The predicted octanol–water partition coefficient (Wildman–Crippen LogP) is 3.45. The van der Waals surface area contributed by atoms with Gasteiger partial charge in [-0.1, -0.05) is 30.3 Å². The third-order valence-electron chi connectivity index (χ3n) is 5.72. The molecule has 0 unspecified atom stereocenters. The third-order valence-corrected chi connectivity index (χ3v) is 7.76. The van der Waals surface area contributed by atoms with Gasteiger partial charge in [-0.05, 0) is 51.0 Å². The SMILES string of the molecule is CC(C)N(C)S(=O)(=O)c1ccc(C(=O)N2CCC(C(=O)c3ccccc3)CC2)cc1. The summed E-state index contributed by atoms with van der Waals surface area (Å²) in [6, 6.07) is 15.2. The smallest absolute Gasteiger partial charge is 0.253 e. The van der Waals surface area contributed by atoms with Crippen molar-refractivity contribution in [1.29, 1.82) is 0 Å². The molecule has 0 radical (unpaired) electrons. The Bertz CT molecular complexity index is 993. The highest BCUT2D eigenvalue weighted by atomic mass is 32.2. The highest BCUT2D eigenvalue weighted by molar-refractivity contribution is 7.89. The molecule has 6 nitrogen and oxygen atoms in total. The number of carbonyl (C=O) groups excluding carboxylic acids is 2. The molecule has 1 aliphatic heterocycles. The van der Waals surface area contributed by atoms with Crippen LogP contribution < -0.4 is 0 Å². The Labute approximate surface area is 178 Å². The highest BCUT2D eigenvalue weighted by Crippen LogP contribution is 2.24. The van der Waals surface area contributed by atoms with Gasteiger partial charge in [-0.15, -0.1) is 0 Å². The van der Waals surface area contributed by atoms with Gasteiger partial charge < -0.3 is 4.90 Å². The molecule has 2 aromatic carbocycles. The van der Waals surface area contributed by atoms with Gasteiger partial charge in [0.2, 0.25) is 10.0 Å². The van der Waals surface area contributed by atoms with Crippen molar-refractivity contribution in [2.45, 2.75) is 37.6 Å². The minimum absolute atomic E-state index is 0.0736. The van der Waals surface area contributed by atoms with E-state index in [9.17, 15) is 18.0 Å². The van der Waals surface area contributed by atoms with Gasteiger partial charge in [-0.25, -0.2) is 8.42 Å². The first-order chi connectivity index (χ1) is 14.2. The Kier molecular flexibility index (Phi) is 6.73. The summed E-state index contributed by atoms with van der Waals surface area (Å²) in [6.07, 6.45) is 1.26. The zero-order chi connectivity index (χ0) is 21.9. The number of nitrogens with zero attached hydrogens (tertiary/aromatic N) is 2. The van der Waals surface area contributed by atoms with Crippen LogP contribution >= 0.6 is 0 Å². The van der Waals surface area contributed by atoms with Crippen molar-refractivity contribution in [3.05, 3.63) is 65.7 Å². The quantitative estimate of drug-likeness (QED) is 0.661. The van der Waals surface area contributed by atoms with Crippen molar-refractivity contribution in [1.82, 2.24) is 9.21 Å². The lowest BCUT2D eigenvalue weighted by molar-refractivity contribution is 0.0650. The fourth-order valence-corrected chi connectivity index (χ4v) is 4.95. The largest absolute Gasteiger partial charge is 0.339 e. The van der Waals surface area contributed by atoms with E-state index in [-0.39, 0.29) is 28.5 Å². The predicted molar refractivity (Wildman–Crippen MR) is 116 cm³/mol. The van der Waals surface area contributed by atoms with Crippen LogP contribution in [0.4, 0.5) is 0 Å². The molecular formula is C23H28N2O4S. The van der Waals surface area contributed by atoms with Crippen LogP contribution in [0, 0.1) is 5.92 Å². The van der Waals surface area contributed by atoms with E-state index in [1.165, 1.54) is 16.4 Å². The molecule has 30 heavy (non-hydrogen) atoms. The van der Waals surface area contributed by atoms with Crippen molar-refractivity contribution in [2.75, 3.05) is 20.1 Å². The summed E-state index contributed by atoms with van der Waals surface area (Å²) >= 11 is 0. The molecule has 0 bridgehead atoms. The zero-order valence-corrected chi connectivity index (χ0v) is 18.4. The minimum atomic E-state index is -3.58. The molecule has 0 atom stereocenters. The monoisotopic (exact) mass is 428 g/mol. The van der Waals surface area contributed by atoms with Crippen LogP contribution in [0.3, 0.4) is 0 Å². The second-order valence-corrected chi connectivity index (χ2v) is 9.93. The van der Waals surface area contributed by atoms with Crippen LogP contribution in [0.2, 0.25) is 0 Å². The van der Waals surface area contributed by atoms with Crippen molar-refractivity contribution in [3.63, 3.8) is 0 Å². The van der Waals surface area contributed by atoms with E-state index in [1.807, 2.05) is 44.2 Å². The average molecular weight is 429 g/mol. The van der Waals surface area contributed by atoms with Gasteiger partial charge in [0.15, 0.2) is 5.78 Å². The molecule has 2 aromatic rings. The van der Waals surface area contributed by atoms with Gasteiger partial charge in [0.25, 0.3) is 5.91 Å². The number of carbonyl (C=O) groups is 2. The molecule has 1 aliphatic rings. The number of rotatable bonds is 6. The molecule has 0 aliphatic carbocycles. The van der Waals surface area contributed by atoms with Crippen LogP contribution in [0.5, 0.6) is 0 Å². The van der Waals surface area contributed by atoms with Crippen molar-refractivity contribution in [3.8, 4) is 0 Å². The summed E-state index contributed by atoms with van der Waals surface area (Å²) in [5, 5.41) is 0. The molecule has 1 fully saturated rings. The topological polar surface area (TPSA) is 74.8 Å². The molecule has 7 heteroatoms. The highest BCUT2D eigenvalue weighted by Gasteiger charge is 2.29. The molecule has 0 spiro atoms. The second-order valence-electron chi connectivity index (χ2n) is 7.94. The molecule has 0 N–H and O–H groups in total. The zero-order valence-electron chi connectivity index (χ0n) is 17.6. The lowest BCUT2D eigenvalue weighted by Crippen LogP contribution is -2.40. The van der Waals surface area contributed by atoms with Gasteiger partial charge in [0.05, 0.1) is 4.90 Å². The molecule has 1 saturated heterocycles. The average Bonchev–Trinajstić information content (AvgIpc) is 2.78. The lowest BCUT2D eigenvalue weighted by atomic mass is 9.88. The van der Waals surface area contributed by atoms with Gasteiger partial charge in [-0.2, -0.15) is 4.31 Å². The molecule has 0 saturated carbocycles. The summed E-state index contributed by atoms with van der Waals surface area (Å²) in [4.78, 5) is 27.4. The number of benzene rings is 2. The summed E-state index contributed by atoms with van der Waals surface area (Å²) < 4.78 is 26.4. The van der Waals surface area contributed by atoms with E-state index >= 15 is 0 Å². The first-order valence-electron chi connectivity index (χ1n) is 10.2. The van der Waals surface area contributed by atoms with Crippen LogP contribution in [0.25, 0.3) is 0 Å². The van der Waals surface area contributed by atoms with E-state index in [4.69, 9.17) is 0 Å². The number of hydrogen-bond acceptors (Lipinski definition) is 4. The Morgan fingerprint density at radius 3 is 2.03 bits per heavy atom. The van der Waals surface area contributed by atoms with E-state index < -0.39 is 10.0 Å². The molecule has 160 valence electrons. The molecule has 0 aromatic heterocycles. The Hall–Kier alpha value is -2.51. The maximum absolute atomic E-state index is 12.8. The third kappa shape index (κ3) is 4.63. The minimum Gasteiger partial charge on any atom is -0.339 e. The first kappa shape index (κ1) is 22.2. The van der Waals surface area contributed by atoms with E-state index in [0.29, 0.717) is 37.1 Å². The number of likely N-dealkylation sites (tertiary alicyclic amines) is 1. The van der Waals surface area contributed by atoms with E-state index in [1.54, 1.807) is 24.1 Å². The van der Waals surface area contributed by atoms with Crippen LogP contribution in [-0.2, 0) is 10.0 Å². The number of sulfonamides is 1. The van der Waals surface area contributed by atoms with Crippen molar-refractivity contribution >= 4 is 21.7 Å². The first-order valence-corrected chi connectivity index (χ1v) is 11.6.